The van der Waals surface area contributed by atoms with Gasteiger partial charge in [-0.15, -0.1) is 0 Å². The molecule has 0 atom stereocenters. The van der Waals surface area contributed by atoms with Crippen molar-refractivity contribution in [1.82, 2.24) is 4.90 Å². The standard InChI is InChI=1S/C18H21NO/c1-15(16-7-5-4-6-8-16)17-9-11-18(12-10-17)20-14-13-19(2)3/h4-12H,1,13-14H2,2-3H3. The Morgan fingerprint density at radius 3 is 2.15 bits per heavy atom. The molecule has 0 aliphatic rings. The first-order chi connectivity index (χ1) is 9.66. The maximum absolute atomic E-state index is 5.69. The topological polar surface area (TPSA) is 12.5 Å². The minimum Gasteiger partial charge on any atom is -0.492 e. The van der Waals surface area contributed by atoms with Crippen LogP contribution in [0, 0.1) is 0 Å². The molecule has 104 valence electrons. The van der Waals surface area contributed by atoms with E-state index in [0.29, 0.717) is 6.61 Å². The lowest BCUT2D eigenvalue weighted by molar-refractivity contribution is 0.261. The van der Waals surface area contributed by atoms with Crippen molar-refractivity contribution in [2.75, 3.05) is 27.2 Å². The Hall–Kier alpha value is -2.06. The first-order valence-electron chi connectivity index (χ1n) is 6.79. The first kappa shape index (κ1) is 14.4. The van der Waals surface area contributed by atoms with Gasteiger partial charge in [-0.3, -0.25) is 0 Å². The van der Waals surface area contributed by atoms with Crippen LogP contribution in [0.2, 0.25) is 0 Å². The lowest BCUT2D eigenvalue weighted by Gasteiger charge is -2.12. The highest BCUT2D eigenvalue weighted by Gasteiger charge is 2.02. The van der Waals surface area contributed by atoms with Gasteiger partial charge in [0.2, 0.25) is 0 Å². The van der Waals surface area contributed by atoms with Gasteiger partial charge in [-0.2, -0.15) is 0 Å². The maximum Gasteiger partial charge on any atom is 0.119 e. The molecule has 0 heterocycles. The SMILES string of the molecule is C=C(c1ccccc1)c1ccc(OCCN(C)C)cc1. The molecule has 2 rings (SSSR count). The minimum atomic E-state index is 0.700. The number of benzene rings is 2. The van der Waals surface area contributed by atoms with E-state index in [2.05, 4.69) is 35.7 Å². The van der Waals surface area contributed by atoms with Crippen molar-refractivity contribution in [3.8, 4) is 5.75 Å². The van der Waals surface area contributed by atoms with E-state index in [0.717, 1.165) is 29.0 Å². The Morgan fingerprint density at radius 2 is 1.55 bits per heavy atom. The number of ether oxygens (including phenoxy) is 1. The summed E-state index contributed by atoms with van der Waals surface area (Å²) in [5.74, 6) is 0.900. The van der Waals surface area contributed by atoms with Crippen molar-refractivity contribution in [3.63, 3.8) is 0 Å². The molecule has 0 saturated carbocycles. The highest BCUT2D eigenvalue weighted by molar-refractivity contribution is 5.78. The molecule has 0 amide bonds. The van der Waals surface area contributed by atoms with E-state index < -0.39 is 0 Å². The van der Waals surface area contributed by atoms with E-state index in [4.69, 9.17) is 4.74 Å². The Bertz CT molecular complexity index is 543. The van der Waals surface area contributed by atoms with E-state index in [1.54, 1.807) is 0 Å². The van der Waals surface area contributed by atoms with Gasteiger partial charge in [0.1, 0.15) is 12.4 Å². The van der Waals surface area contributed by atoms with Crippen LogP contribution in [0.1, 0.15) is 11.1 Å². The van der Waals surface area contributed by atoms with Crippen molar-refractivity contribution >= 4 is 5.57 Å². The smallest absolute Gasteiger partial charge is 0.119 e. The van der Waals surface area contributed by atoms with Crippen molar-refractivity contribution < 1.29 is 4.74 Å². The Kier molecular flexibility index (Phi) is 4.97. The summed E-state index contributed by atoms with van der Waals surface area (Å²) >= 11 is 0. The number of nitrogens with zero attached hydrogens (tertiary/aromatic N) is 1. The normalized spacial score (nSPS) is 10.6. The summed E-state index contributed by atoms with van der Waals surface area (Å²) in [5, 5.41) is 0. The number of hydrogen-bond donors (Lipinski definition) is 0. The van der Waals surface area contributed by atoms with Crippen LogP contribution in [0.25, 0.3) is 5.57 Å². The Balaban J connectivity index is 1.99. The summed E-state index contributed by atoms with van der Waals surface area (Å²) < 4.78 is 5.69. The van der Waals surface area contributed by atoms with Gasteiger partial charge in [-0.25, -0.2) is 0 Å². The van der Waals surface area contributed by atoms with Crippen molar-refractivity contribution in [3.05, 3.63) is 72.3 Å². The summed E-state index contributed by atoms with van der Waals surface area (Å²) in [5.41, 5.74) is 3.30. The van der Waals surface area contributed by atoms with Crippen LogP contribution in [-0.4, -0.2) is 32.1 Å². The molecule has 0 aliphatic carbocycles. The van der Waals surface area contributed by atoms with Gasteiger partial charge in [0.25, 0.3) is 0 Å². The minimum absolute atomic E-state index is 0.700. The maximum atomic E-state index is 5.69. The molecule has 0 N–H and O–H groups in total. The lowest BCUT2D eigenvalue weighted by atomic mass is 10.00. The average Bonchev–Trinajstić information content (AvgIpc) is 2.48. The van der Waals surface area contributed by atoms with E-state index in [9.17, 15) is 0 Å². The van der Waals surface area contributed by atoms with Gasteiger partial charge in [0.15, 0.2) is 0 Å². The molecule has 0 aromatic heterocycles. The molecule has 2 aromatic rings. The van der Waals surface area contributed by atoms with E-state index in [1.165, 1.54) is 0 Å². The molecular formula is C18H21NO. The second-order valence-electron chi connectivity index (χ2n) is 5.02. The largest absolute Gasteiger partial charge is 0.492 e. The highest BCUT2D eigenvalue weighted by Crippen LogP contribution is 2.23. The third kappa shape index (κ3) is 3.97. The quantitative estimate of drug-likeness (QED) is 0.791. The number of rotatable bonds is 6. The van der Waals surface area contributed by atoms with Crippen LogP contribution in [0.5, 0.6) is 5.75 Å². The lowest BCUT2D eigenvalue weighted by Crippen LogP contribution is -2.19. The van der Waals surface area contributed by atoms with Crippen LogP contribution in [0.15, 0.2) is 61.2 Å². The molecule has 20 heavy (non-hydrogen) atoms. The van der Waals surface area contributed by atoms with Gasteiger partial charge in [-0.1, -0.05) is 49.0 Å². The van der Waals surface area contributed by atoms with Crippen LogP contribution in [-0.2, 0) is 0 Å². The van der Waals surface area contributed by atoms with Gasteiger partial charge >= 0.3 is 0 Å². The predicted molar refractivity (Wildman–Crippen MR) is 85.1 cm³/mol. The summed E-state index contributed by atoms with van der Waals surface area (Å²) in [7, 11) is 4.08. The summed E-state index contributed by atoms with van der Waals surface area (Å²) in [6, 6.07) is 18.3. The zero-order valence-corrected chi connectivity index (χ0v) is 12.2. The molecule has 0 radical (unpaired) electrons. The van der Waals surface area contributed by atoms with Crippen LogP contribution in [0.3, 0.4) is 0 Å². The molecule has 0 saturated heterocycles. The van der Waals surface area contributed by atoms with Gasteiger partial charge in [-0.05, 0) is 42.9 Å². The van der Waals surface area contributed by atoms with E-state index >= 15 is 0 Å². The first-order valence-corrected chi connectivity index (χ1v) is 6.79. The monoisotopic (exact) mass is 267 g/mol. The molecule has 0 spiro atoms. The third-order valence-corrected chi connectivity index (χ3v) is 3.13. The molecule has 0 fully saturated rings. The summed E-state index contributed by atoms with van der Waals surface area (Å²) in [6.07, 6.45) is 0. The average molecular weight is 267 g/mol. The summed E-state index contributed by atoms with van der Waals surface area (Å²) in [4.78, 5) is 2.10. The van der Waals surface area contributed by atoms with Gasteiger partial charge in [0, 0.05) is 6.54 Å². The van der Waals surface area contributed by atoms with E-state index in [1.807, 2.05) is 44.4 Å². The molecule has 0 unspecified atom stereocenters. The Morgan fingerprint density at radius 1 is 0.950 bits per heavy atom. The number of likely N-dealkylation sites (N-methyl/N-ethyl adjacent to an activating group) is 1. The van der Waals surface area contributed by atoms with Gasteiger partial charge in [0.05, 0.1) is 0 Å². The molecule has 2 aromatic carbocycles. The fraction of sp³-hybridized carbons (Fsp3) is 0.222. The predicted octanol–water partition coefficient (Wildman–Crippen LogP) is 3.69. The zero-order valence-electron chi connectivity index (χ0n) is 12.2. The van der Waals surface area contributed by atoms with Crippen LogP contribution >= 0.6 is 0 Å². The van der Waals surface area contributed by atoms with Crippen LogP contribution in [0.4, 0.5) is 0 Å². The Labute approximate surface area is 121 Å². The zero-order chi connectivity index (χ0) is 14.4. The van der Waals surface area contributed by atoms with Crippen LogP contribution < -0.4 is 4.74 Å². The molecule has 2 nitrogen and oxygen atoms in total. The molecule has 0 aliphatic heterocycles. The van der Waals surface area contributed by atoms with E-state index in [-0.39, 0.29) is 0 Å². The fourth-order valence-electron chi connectivity index (χ4n) is 1.90. The highest BCUT2D eigenvalue weighted by atomic mass is 16.5. The van der Waals surface area contributed by atoms with Crippen molar-refractivity contribution in [1.29, 1.82) is 0 Å². The molecular weight excluding hydrogens is 246 g/mol. The third-order valence-electron chi connectivity index (χ3n) is 3.13. The fourth-order valence-corrected chi connectivity index (χ4v) is 1.90. The van der Waals surface area contributed by atoms with Gasteiger partial charge < -0.3 is 9.64 Å². The summed E-state index contributed by atoms with van der Waals surface area (Å²) in [6.45, 7) is 5.78. The molecule has 2 heteroatoms. The second kappa shape index (κ2) is 6.92. The molecule has 0 bridgehead atoms. The second-order valence-corrected chi connectivity index (χ2v) is 5.02. The van der Waals surface area contributed by atoms with Crippen molar-refractivity contribution in [2.45, 2.75) is 0 Å². The number of hydrogen-bond acceptors (Lipinski definition) is 2. The van der Waals surface area contributed by atoms with Crippen molar-refractivity contribution in [2.24, 2.45) is 0 Å².